The molecule has 3 rings (SSSR count). The minimum absolute atomic E-state index is 0.0932. The molecule has 0 amide bonds. The number of hydrogen-bond donors (Lipinski definition) is 4. The molecule has 3 aromatic rings. The van der Waals surface area contributed by atoms with Crippen molar-refractivity contribution in [1.82, 2.24) is 4.90 Å². The highest BCUT2D eigenvalue weighted by Crippen LogP contribution is 2.23. The fourth-order valence-electron chi connectivity index (χ4n) is 3.98. The van der Waals surface area contributed by atoms with Crippen LogP contribution in [0, 0.1) is 11.3 Å². The molecule has 2 atom stereocenters. The molecule has 0 aliphatic rings. The summed E-state index contributed by atoms with van der Waals surface area (Å²) in [6.45, 7) is 0.297. The Hall–Kier alpha value is -4.35. The van der Waals surface area contributed by atoms with E-state index >= 15 is 0 Å². The number of nitrogens with one attached hydrogen (secondary N) is 1. The van der Waals surface area contributed by atoms with Crippen LogP contribution in [0.25, 0.3) is 0 Å². The van der Waals surface area contributed by atoms with Crippen LogP contribution in [0.15, 0.2) is 66.7 Å². The summed E-state index contributed by atoms with van der Waals surface area (Å²) in [5.41, 5.74) is 6.82. The zero-order valence-corrected chi connectivity index (χ0v) is 22.0. The third-order valence-corrected chi connectivity index (χ3v) is 7.09. The Kier molecular flexibility index (Phi) is 10.1. The van der Waals surface area contributed by atoms with Crippen molar-refractivity contribution in [3.8, 4) is 5.75 Å². The lowest BCUT2D eigenvalue weighted by Crippen LogP contribution is -2.41. The van der Waals surface area contributed by atoms with Gasteiger partial charge < -0.3 is 20.7 Å². The van der Waals surface area contributed by atoms with Gasteiger partial charge in [-0.05, 0) is 55.4 Å². The fourth-order valence-corrected chi connectivity index (χ4v) is 4.93. The molecule has 0 spiro atoms. The van der Waals surface area contributed by atoms with Crippen LogP contribution in [0.4, 0.5) is 0 Å². The van der Waals surface area contributed by atoms with Crippen LogP contribution in [0.3, 0.4) is 0 Å². The number of nitrogens with zero attached hydrogens (tertiary/aromatic N) is 1. The average molecular weight is 552 g/mol. The largest absolute Gasteiger partial charge is 0.481 e. The van der Waals surface area contributed by atoms with Crippen molar-refractivity contribution in [1.29, 1.82) is 5.41 Å². The van der Waals surface area contributed by atoms with Crippen molar-refractivity contribution >= 4 is 40.9 Å². The second-order valence-corrected chi connectivity index (χ2v) is 10.2. The van der Waals surface area contributed by atoms with E-state index in [1.165, 1.54) is 11.3 Å². The number of aliphatic carboxylic acids is 2. The number of nitrogen functional groups attached to an aromatic ring is 1. The number of hydrogen-bond acceptors (Lipinski definition) is 8. The molecular weight excluding hydrogens is 522 g/mol. The van der Waals surface area contributed by atoms with E-state index in [9.17, 15) is 24.3 Å². The average Bonchev–Trinajstić information content (AvgIpc) is 3.36. The van der Waals surface area contributed by atoms with Gasteiger partial charge in [0.05, 0.1) is 18.4 Å². The molecule has 11 heteroatoms. The maximum absolute atomic E-state index is 13.3. The number of carbonyl (C=O) groups is 4. The summed E-state index contributed by atoms with van der Waals surface area (Å²) < 4.78 is 5.40. The van der Waals surface area contributed by atoms with Gasteiger partial charge in [-0.3, -0.25) is 24.7 Å². The monoisotopic (exact) mass is 551 g/mol. The molecule has 0 aliphatic carbocycles. The van der Waals surface area contributed by atoms with E-state index in [1.54, 1.807) is 48.3 Å². The Balaban J connectivity index is 1.72. The van der Waals surface area contributed by atoms with Gasteiger partial charge in [0, 0.05) is 23.4 Å². The Labute approximate surface area is 229 Å². The van der Waals surface area contributed by atoms with Crippen LogP contribution >= 0.6 is 11.3 Å². The molecule has 0 unspecified atom stereocenters. The van der Waals surface area contributed by atoms with Crippen molar-refractivity contribution in [3.63, 3.8) is 0 Å². The standard InChI is InChI=1S/C28H29N3O7S/c1-31(16-21-11-12-24(39-21)28(37)38-20-9-7-18(8-10-20)26(29)30)22(13-17-5-3-2-4-6-17)23(32)14-19(27(35)36)15-25(33)34/h2-12,19,22H,13-16H2,1H3,(H3,29,30)(H,33,34)(H,35,36)/t19-,22-/m0/s1. The normalized spacial score (nSPS) is 12.5. The van der Waals surface area contributed by atoms with Crippen molar-refractivity contribution in [2.24, 2.45) is 11.7 Å². The first-order chi connectivity index (χ1) is 18.5. The lowest BCUT2D eigenvalue weighted by atomic mass is 9.92. The summed E-state index contributed by atoms with van der Waals surface area (Å²) >= 11 is 1.21. The van der Waals surface area contributed by atoms with Gasteiger partial charge in [0.15, 0.2) is 5.78 Å². The van der Waals surface area contributed by atoms with E-state index in [1.807, 2.05) is 30.3 Å². The van der Waals surface area contributed by atoms with E-state index < -0.39 is 42.7 Å². The van der Waals surface area contributed by atoms with E-state index in [-0.39, 0.29) is 11.6 Å². The van der Waals surface area contributed by atoms with Gasteiger partial charge in [0.2, 0.25) is 0 Å². The number of Topliss-reactive ketones (excluding diaryl/α,β-unsaturated/α-hetero) is 1. The summed E-state index contributed by atoms with van der Waals surface area (Å²) in [7, 11) is 1.73. The van der Waals surface area contributed by atoms with Crippen molar-refractivity contribution < 1.29 is 34.1 Å². The van der Waals surface area contributed by atoms with Crippen LogP contribution < -0.4 is 10.5 Å². The summed E-state index contributed by atoms with van der Waals surface area (Å²) in [6.07, 6.45) is -0.739. The van der Waals surface area contributed by atoms with Gasteiger partial charge >= 0.3 is 17.9 Å². The van der Waals surface area contributed by atoms with Crippen molar-refractivity contribution in [3.05, 3.63) is 87.6 Å². The molecule has 0 radical (unpaired) electrons. The molecule has 10 nitrogen and oxygen atoms in total. The summed E-state index contributed by atoms with van der Waals surface area (Å²) in [5.74, 6) is -4.65. The van der Waals surface area contributed by atoms with Crippen LogP contribution in [-0.2, 0) is 27.3 Å². The van der Waals surface area contributed by atoms with E-state index in [4.69, 9.17) is 21.0 Å². The number of amidine groups is 1. The summed E-state index contributed by atoms with van der Waals surface area (Å²) in [4.78, 5) is 51.5. The third-order valence-electron chi connectivity index (χ3n) is 6.04. The van der Waals surface area contributed by atoms with Crippen molar-refractivity contribution in [2.45, 2.75) is 31.8 Å². The molecule has 2 aromatic carbocycles. The van der Waals surface area contributed by atoms with Gasteiger partial charge in [-0.25, -0.2) is 4.79 Å². The number of carboxylic acid groups (broad SMARTS) is 2. The van der Waals surface area contributed by atoms with Gasteiger partial charge in [-0.2, -0.15) is 0 Å². The fraction of sp³-hybridized carbons (Fsp3) is 0.250. The quantitative estimate of drug-likeness (QED) is 0.101. The minimum atomic E-state index is -1.33. The number of carboxylic acids is 2. The van der Waals surface area contributed by atoms with Gasteiger partial charge in [-0.15, -0.1) is 11.3 Å². The first kappa shape index (κ1) is 29.2. The highest BCUT2D eigenvalue weighted by Gasteiger charge is 2.30. The minimum Gasteiger partial charge on any atom is -0.481 e. The molecule has 1 heterocycles. The van der Waals surface area contributed by atoms with Crippen LogP contribution in [0.1, 0.15) is 38.5 Å². The highest BCUT2D eigenvalue weighted by atomic mass is 32.1. The number of ketones is 1. The molecule has 0 bridgehead atoms. The predicted molar refractivity (Wildman–Crippen MR) is 145 cm³/mol. The van der Waals surface area contributed by atoms with Gasteiger partial charge in [-0.1, -0.05) is 30.3 Å². The van der Waals surface area contributed by atoms with Gasteiger partial charge in [0.25, 0.3) is 0 Å². The zero-order valence-electron chi connectivity index (χ0n) is 21.2. The van der Waals surface area contributed by atoms with E-state index in [2.05, 4.69) is 0 Å². The second-order valence-electron chi connectivity index (χ2n) is 9.02. The molecule has 0 saturated heterocycles. The number of thiophene rings is 1. The lowest BCUT2D eigenvalue weighted by Gasteiger charge is -2.27. The molecule has 39 heavy (non-hydrogen) atoms. The number of nitrogens with two attached hydrogens (primary N) is 1. The summed E-state index contributed by atoms with van der Waals surface area (Å²) in [6, 6.07) is 18.2. The lowest BCUT2D eigenvalue weighted by molar-refractivity contribution is -0.149. The molecule has 5 N–H and O–H groups in total. The summed E-state index contributed by atoms with van der Waals surface area (Å²) in [5, 5.41) is 25.9. The van der Waals surface area contributed by atoms with E-state index in [0.29, 0.717) is 29.2 Å². The smallest absolute Gasteiger partial charge is 0.353 e. The van der Waals surface area contributed by atoms with E-state index in [0.717, 1.165) is 10.4 Å². The Morgan fingerprint density at radius 3 is 2.23 bits per heavy atom. The predicted octanol–water partition coefficient (Wildman–Crippen LogP) is 3.43. The molecular formula is C28H29N3O7S. The second kappa shape index (κ2) is 13.4. The third kappa shape index (κ3) is 8.59. The Morgan fingerprint density at radius 1 is 0.974 bits per heavy atom. The van der Waals surface area contributed by atoms with Crippen LogP contribution in [0.2, 0.25) is 0 Å². The molecule has 0 fully saturated rings. The topological polar surface area (TPSA) is 171 Å². The Morgan fingerprint density at radius 2 is 1.64 bits per heavy atom. The number of carbonyl (C=O) groups excluding carboxylic acids is 2. The maximum atomic E-state index is 13.3. The molecule has 0 saturated carbocycles. The number of ether oxygens (including phenoxy) is 1. The number of likely N-dealkylation sites (N-methyl/N-ethyl adjacent to an activating group) is 1. The zero-order chi connectivity index (χ0) is 28.5. The van der Waals surface area contributed by atoms with Crippen molar-refractivity contribution in [2.75, 3.05) is 7.05 Å². The SMILES string of the molecule is CN(Cc1ccc(C(=O)Oc2ccc(C(=N)N)cc2)s1)[C@@H](Cc1ccccc1)C(=O)C[C@@H](CC(=O)O)C(=O)O. The highest BCUT2D eigenvalue weighted by molar-refractivity contribution is 7.13. The maximum Gasteiger partial charge on any atom is 0.353 e. The molecule has 204 valence electrons. The van der Waals surface area contributed by atoms with Crippen LogP contribution in [-0.4, -0.2) is 57.7 Å². The first-order valence-electron chi connectivity index (χ1n) is 12.0. The molecule has 1 aromatic heterocycles. The van der Waals surface area contributed by atoms with Gasteiger partial charge in [0.1, 0.15) is 16.5 Å². The first-order valence-corrected chi connectivity index (χ1v) is 12.8. The molecule has 0 aliphatic heterocycles. The number of rotatable bonds is 14. The number of esters is 1. The van der Waals surface area contributed by atoms with Crippen LogP contribution in [0.5, 0.6) is 5.75 Å². The Bertz CT molecular complexity index is 1340. The number of benzene rings is 2.